The fourth-order valence-electron chi connectivity index (χ4n) is 2.30. The van der Waals surface area contributed by atoms with Gasteiger partial charge in [-0.2, -0.15) is 0 Å². The van der Waals surface area contributed by atoms with Crippen LogP contribution in [0.4, 0.5) is 0 Å². The van der Waals surface area contributed by atoms with E-state index in [9.17, 15) is 9.59 Å². The fraction of sp³-hybridized carbons (Fsp3) is 0.429. The van der Waals surface area contributed by atoms with E-state index in [1.54, 1.807) is 11.8 Å². The lowest BCUT2D eigenvalue weighted by atomic mass is 10.0. The molecule has 2 atom stereocenters. The van der Waals surface area contributed by atoms with Gasteiger partial charge < -0.3 is 10.2 Å². The number of carbonyl (C=O) groups excluding carboxylic acids is 2. The summed E-state index contributed by atoms with van der Waals surface area (Å²) in [5.41, 5.74) is 2.23. The van der Waals surface area contributed by atoms with Crippen molar-refractivity contribution in [1.82, 2.24) is 10.2 Å². The minimum Gasteiger partial charge on any atom is -0.345 e. The monoisotopic (exact) mass is 246 g/mol. The standard InChI is InChI=1S/C14H18N2O2/c1-9-4-6-12(7-5-9)10(2)16-11(3)14(18)15-8-13(16)17/h4-7,10-11H,8H2,1-3H3,(H,15,18). The lowest BCUT2D eigenvalue weighted by Crippen LogP contribution is -2.57. The van der Waals surface area contributed by atoms with Crippen molar-refractivity contribution in [3.63, 3.8) is 0 Å². The molecule has 1 saturated heterocycles. The van der Waals surface area contributed by atoms with Gasteiger partial charge in [0.05, 0.1) is 12.6 Å². The van der Waals surface area contributed by atoms with Crippen LogP contribution in [0.15, 0.2) is 24.3 Å². The highest BCUT2D eigenvalue weighted by Crippen LogP contribution is 2.24. The summed E-state index contributed by atoms with van der Waals surface area (Å²) < 4.78 is 0. The van der Waals surface area contributed by atoms with Crippen LogP contribution in [0.1, 0.15) is 31.0 Å². The van der Waals surface area contributed by atoms with Crippen LogP contribution in [0.25, 0.3) is 0 Å². The molecular formula is C14H18N2O2. The highest BCUT2D eigenvalue weighted by molar-refractivity contribution is 5.94. The maximum Gasteiger partial charge on any atom is 0.243 e. The lowest BCUT2D eigenvalue weighted by Gasteiger charge is -2.37. The number of nitrogens with one attached hydrogen (secondary N) is 1. The molecule has 0 spiro atoms. The van der Waals surface area contributed by atoms with Crippen LogP contribution in [0, 0.1) is 6.92 Å². The third-order valence-electron chi connectivity index (χ3n) is 3.48. The molecule has 1 aliphatic heterocycles. The second-order valence-electron chi connectivity index (χ2n) is 4.78. The van der Waals surface area contributed by atoms with Crippen LogP contribution in [0.2, 0.25) is 0 Å². The summed E-state index contributed by atoms with van der Waals surface area (Å²) in [6.07, 6.45) is 0. The molecule has 1 N–H and O–H groups in total. The molecule has 4 heteroatoms. The number of benzene rings is 1. The average Bonchev–Trinajstić information content (AvgIpc) is 2.35. The van der Waals surface area contributed by atoms with Crippen molar-refractivity contribution >= 4 is 11.8 Å². The number of hydrogen-bond donors (Lipinski definition) is 1. The molecule has 1 fully saturated rings. The maximum atomic E-state index is 11.9. The Kier molecular flexibility index (Phi) is 3.36. The van der Waals surface area contributed by atoms with Gasteiger partial charge in [-0.25, -0.2) is 0 Å². The second-order valence-corrected chi connectivity index (χ2v) is 4.78. The smallest absolute Gasteiger partial charge is 0.243 e. The molecule has 4 nitrogen and oxygen atoms in total. The van der Waals surface area contributed by atoms with E-state index in [1.807, 2.05) is 38.1 Å². The summed E-state index contributed by atoms with van der Waals surface area (Å²) in [6, 6.07) is 7.55. The third kappa shape index (κ3) is 2.23. The molecule has 0 saturated carbocycles. The van der Waals surface area contributed by atoms with Crippen LogP contribution in [0.5, 0.6) is 0 Å². The summed E-state index contributed by atoms with van der Waals surface area (Å²) in [5.74, 6) is -0.122. The largest absolute Gasteiger partial charge is 0.345 e. The zero-order valence-corrected chi connectivity index (χ0v) is 10.9. The molecule has 96 valence electrons. The first-order valence-corrected chi connectivity index (χ1v) is 6.16. The Bertz CT molecular complexity index is 467. The highest BCUT2D eigenvalue weighted by atomic mass is 16.2. The number of piperazine rings is 1. The summed E-state index contributed by atoms with van der Waals surface area (Å²) in [5, 5.41) is 2.60. The van der Waals surface area contributed by atoms with Crippen molar-refractivity contribution in [1.29, 1.82) is 0 Å². The van der Waals surface area contributed by atoms with Crippen molar-refractivity contribution in [3.8, 4) is 0 Å². The summed E-state index contributed by atoms with van der Waals surface area (Å²) >= 11 is 0. The Labute approximate surface area is 107 Å². The van der Waals surface area contributed by atoms with Gasteiger partial charge in [0.1, 0.15) is 6.04 Å². The zero-order chi connectivity index (χ0) is 13.3. The molecule has 1 aromatic rings. The molecule has 1 aliphatic rings. The Morgan fingerprint density at radius 3 is 2.50 bits per heavy atom. The van der Waals surface area contributed by atoms with Crippen molar-refractivity contribution in [2.45, 2.75) is 32.9 Å². The van der Waals surface area contributed by atoms with Crippen LogP contribution >= 0.6 is 0 Å². The normalized spacial score (nSPS) is 21.7. The number of aryl methyl sites for hydroxylation is 1. The average molecular weight is 246 g/mol. The van der Waals surface area contributed by atoms with E-state index < -0.39 is 6.04 Å². The summed E-state index contributed by atoms with van der Waals surface area (Å²) in [6.45, 7) is 5.84. The zero-order valence-electron chi connectivity index (χ0n) is 10.9. The lowest BCUT2D eigenvalue weighted by molar-refractivity contribution is -0.147. The van der Waals surface area contributed by atoms with Crippen molar-refractivity contribution in [2.75, 3.05) is 6.54 Å². The molecule has 2 amide bonds. The molecule has 0 radical (unpaired) electrons. The van der Waals surface area contributed by atoms with Gasteiger partial charge in [0.2, 0.25) is 11.8 Å². The van der Waals surface area contributed by atoms with E-state index >= 15 is 0 Å². The minimum atomic E-state index is -0.414. The first kappa shape index (κ1) is 12.6. The third-order valence-corrected chi connectivity index (χ3v) is 3.48. The Morgan fingerprint density at radius 2 is 1.89 bits per heavy atom. The fourth-order valence-corrected chi connectivity index (χ4v) is 2.30. The number of hydrogen-bond acceptors (Lipinski definition) is 2. The van der Waals surface area contributed by atoms with Gasteiger partial charge in [-0.15, -0.1) is 0 Å². The summed E-state index contributed by atoms with van der Waals surface area (Å²) in [7, 11) is 0. The van der Waals surface area contributed by atoms with Crippen LogP contribution < -0.4 is 5.32 Å². The molecule has 18 heavy (non-hydrogen) atoms. The van der Waals surface area contributed by atoms with Crippen LogP contribution in [-0.2, 0) is 9.59 Å². The van der Waals surface area contributed by atoms with Gasteiger partial charge in [0.25, 0.3) is 0 Å². The maximum absolute atomic E-state index is 11.9. The van der Waals surface area contributed by atoms with E-state index in [0.717, 1.165) is 5.56 Å². The number of amides is 2. The number of rotatable bonds is 2. The molecule has 1 aromatic carbocycles. The molecule has 2 unspecified atom stereocenters. The Morgan fingerprint density at radius 1 is 1.28 bits per heavy atom. The second kappa shape index (κ2) is 4.80. The van der Waals surface area contributed by atoms with Gasteiger partial charge in [0.15, 0.2) is 0 Å². The van der Waals surface area contributed by atoms with Gasteiger partial charge in [0, 0.05) is 0 Å². The minimum absolute atomic E-state index is 0.0322. The molecule has 0 aromatic heterocycles. The predicted molar refractivity (Wildman–Crippen MR) is 68.9 cm³/mol. The topological polar surface area (TPSA) is 49.4 Å². The van der Waals surface area contributed by atoms with Crippen LogP contribution in [0.3, 0.4) is 0 Å². The van der Waals surface area contributed by atoms with Crippen molar-refractivity contribution in [2.24, 2.45) is 0 Å². The van der Waals surface area contributed by atoms with Gasteiger partial charge in [-0.1, -0.05) is 29.8 Å². The number of nitrogens with zero attached hydrogens (tertiary/aromatic N) is 1. The van der Waals surface area contributed by atoms with Gasteiger partial charge in [-0.3, -0.25) is 9.59 Å². The predicted octanol–water partition coefficient (Wildman–Crippen LogP) is 1.40. The van der Waals surface area contributed by atoms with Gasteiger partial charge in [-0.05, 0) is 26.3 Å². The molecular weight excluding hydrogens is 228 g/mol. The first-order chi connectivity index (χ1) is 8.50. The van der Waals surface area contributed by atoms with Gasteiger partial charge >= 0.3 is 0 Å². The number of carbonyl (C=O) groups is 2. The van der Waals surface area contributed by atoms with E-state index in [4.69, 9.17) is 0 Å². The van der Waals surface area contributed by atoms with E-state index in [1.165, 1.54) is 5.56 Å². The van der Waals surface area contributed by atoms with Crippen molar-refractivity contribution < 1.29 is 9.59 Å². The first-order valence-electron chi connectivity index (χ1n) is 6.16. The Hall–Kier alpha value is -1.84. The van der Waals surface area contributed by atoms with E-state index in [2.05, 4.69) is 5.32 Å². The quantitative estimate of drug-likeness (QED) is 0.857. The van der Waals surface area contributed by atoms with E-state index in [0.29, 0.717) is 0 Å². The van der Waals surface area contributed by atoms with Crippen LogP contribution in [-0.4, -0.2) is 29.3 Å². The molecule has 1 heterocycles. The van der Waals surface area contributed by atoms with E-state index in [-0.39, 0.29) is 24.4 Å². The van der Waals surface area contributed by atoms with Crippen molar-refractivity contribution in [3.05, 3.63) is 35.4 Å². The Balaban J connectivity index is 2.26. The molecule has 2 rings (SSSR count). The molecule has 0 aliphatic carbocycles. The SMILES string of the molecule is Cc1ccc(C(C)N2C(=O)CNC(=O)C2C)cc1. The summed E-state index contributed by atoms with van der Waals surface area (Å²) in [4.78, 5) is 25.2. The molecule has 0 bridgehead atoms. The highest BCUT2D eigenvalue weighted by Gasteiger charge is 2.34.